The molecule has 12 heteroatoms. The molecule has 11 nitrogen and oxygen atoms in total. The van der Waals surface area contributed by atoms with E-state index < -0.39 is 29.5 Å². The summed E-state index contributed by atoms with van der Waals surface area (Å²) in [5, 5.41) is 11.6. The standard InChI is InChI=1S/C29H26N2O9S/c1-5-10-40-28(35)26-15(2)30-29(41-26)31-23(18-14-17(36-3)7-9-19(18)37-4)22(25(33)27(31)34)24(32)16-6-8-20-21(13-16)39-12-11-38-20/h5-9,13-14,23,32H,1,10-12H2,2-4H3/b24-22+. The molecule has 1 unspecified atom stereocenters. The van der Waals surface area contributed by atoms with E-state index >= 15 is 0 Å². The maximum absolute atomic E-state index is 13.6. The molecule has 1 fully saturated rings. The fourth-order valence-electron chi connectivity index (χ4n) is 4.60. The van der Waals surface area contributed by atoms with Gasteiger partial charge in [-0.3, -0.25) is 14.5 Å². The average molecular weight is 579 g/mol. The van der Waals surface area contributed by atoms with Crippen LogP contribution in [0.3, 0.4) is 0 Å². The molecule has 1 atom stereocenters. The Balaban J connectivity index is 1.71. The Labute approximate surface area is 239 Å². The Hall–Kier alpha value is -4.84. The molecule has 2 aliphatic heterocycles. The van der Waals surface area contributed by atoms with Crippen LogP contribution in [0, 0.1) is 6.92 Å². The van der Waals surface area contributed by atoms with Crippen LogP contribution in [0.15, 0.2) is 54.6 Å². The minimum atomic E-state index is -1.18. The Morgan fingerprint density at radius 2 is 1.90 bits per heavy atom. The monoisotopic (exact) mass is 578 g/mol. The Bertz CT molecular complexity index is 1590. The number of carbonyl (C=O) groups excluding carboxylic acids is 3. The number of amides is 1. The van der Waals surface area contributed by atoms with E-state index in [1.807, 2.05) is 0 Å². The van der Waals surface area contributed by atoms with Crippen molar-refractivity contribution in [3.05, 3.63) is 76.3 Å². The zero-order valence-electron chi connectivity index (χ0n) is 22.5. The summed E-state index contributed by atoms with van der Waals surface area (Å²) >= 11 is 0.891. The third-order valence-corrected chi connectivity index (χ3v) is 7.64. The minimum Gasteiger partial charge on any atom is -0.507 e. The molecule has 1 saturated heterocycles. The molecule has 41 heavy (non-hydrogen) atoms. The number of esters is 1. The smallest absolute Gasteiger partial charge is 0.350 e. The van der Waals surface area contributed by atoms with Gasteiger partial charge in [-0.2, -0.15) is 0 Å². The highest BCUT2D eigenvalue weighted by molar-refractivity contribution is 7.17. The van der Waals surface area contributed by atoms with Gasteiger partial charge in [-0.1, -0.05) is 24.0 Å². The van der Waals surface area contributed by atoms with Gasteiger partial charge in [-0.15, -0.1) is 0 Å². The zero-order valence-corrected chi connectivity index (χ0v) is 23.3. The van der Waals surface area contributed by atoms with Crippen LogP contribution in [0.25, 0.3) is 5.76 Å². The van der Waals surface area contributed by atoms with Gasteiger partial charge < -0.3 is 28.8 Å². The van der Waals surface area contributed by atoms with E-state index in [-0.39, 0.29) is 27.8 Å². The van der Waals surface area contributed by atoms with E-state index in [1.54, 1.807) is 43.3 Å². The molecule has 0 aliphatic carbocycles. The maximum atomic E-state index is 13.6. The van der Waals surface area contributed by atoms with Crippen LogP contribution < -0.4 is 23.8 Å². The van der Waals surface area contributed by atoms with Gasteiger partial charge in [0, 0.05) is 11.1 Å². The molecule has 1 aromatic heterocycles. The molecule has 3 aromatic rings. The molecule has 212 valence electrons. The van der Waals surface area contributed by atoms with Crippen LogP contribution in [0.2, 0.25) is 0 Å². The first-order valence-corrected chi connectivity index (χ1v) is 13.3. The second-order valence-electron chi connectivity index (χ2n) is 8.93. The Morgan fingerprint density at radius 1 is 1.15 bits per heavy atom. The van der Waals surface area contributed by atoms with Gasteiger partial charge in [0.05, 0.1) is 25.5 Å². The topological polar surface area (TPSA) is 134 Å². The van der Waals surface area contributed by atoms with Crippen molar-refractivity contribution in [1.82, 2.24) is 4.98 Å². The number of aliphatic hydroxyl groups is 1. The molecule has 1 N–H and O–H groups in total. The highest BCUT2D eigenvalue weighted by Gasteiger charge is 2.49. The summed E-state index contributed by atoms with van der Waals surface area (Å²) in [4.78, 5) is 45.6. The second-order valence-corrected chi connectivity index (χ2v) is 9.91. The predicted octanol–water partition coefficient (Wildman–Crippen LogP) is 4.21. The van der Waals surface area contributed by atoms with E-state index in [0.717, 1.165) is 16.2 Å². The molecule has 2 aromatic carbocycles. The summed E-state index contributed by atoms with van der Waals surface area (Å²) in [5.41, 5.74) is 0.697. The quantitative estimate of drug-likeness (QED) is 0.136. The number of aliphatic hydroxyl groups excluding tert-OH is 1. The third-order valence-electron chi connectivity index (χ3n) is 6.50. The fraction of sp³-hybridized carbons (Fsp3) is 0.241. The number of aromatic nitrogens is 1. The molecule has 0 saturated carbocycles. The molecule has 2 aliphatic rings. The number of rotatable bonds is 8. The van der Waals surface area contributed by atoms with Crippen LogP contribution in [-0.4, -0.2) is 61.8 Å². The molecule has 0 radical (unpaired) electrons. The van der Waals surface area contributed by atoms with Crippen molar-refractivity contribution in [2.75, 3.05) is 38.9 Å². The molecule has 0 spiro atoms. The first kappa shape index (κ1) is 27.7. The zero-order chi connectivity index (χ0) is 29.3. The van der Waals surface area contributed by atoms with Crippen LogP contribution in [-0.2, 0) is 14.3 Å². The van der Waals surface area contributed by atoms with Crippen molar-refractivity contribution < 1.29 is 43.2 Å². The van der Waals surface area contributed by atoms with Crippen LogP contribution in [0.4, 0.5) is 5.13 Å². The van der Waals surface area contributed by atoms with Crippen molar-refractivity contribution in [3.8, 4) is 23.0 Å². The number of hydrogen-bond acceptors (Lipinski definition) is 11. The average Bonchev–Trinajstić information content (AvgIpc) is 3.50. The number of ether oxygens (including phenoxy) is 5. The highest BCUT2D eigenvalue weighted by Crippen LogP contribution is 2.47. The van der Waals surface area contributed by atoms with Crippen molar-refractivity contribution in [1.29, 1.82) is 0 Å². The van der Waals surface area contributed by atoms with E-state index in [2.05, 4.69) is 11.6 Å². The van der Waals surface area contributed by atoms with Crippen LogP contribution in [0.1, 0.15) is 32.5 Å². The van der Waals surface area contributed by atoms with Crippen LogP contribution in [0.5, 0.6) is 23.0 Å². The van der Waals surface area contributed by atoms with Crippen LogP contribution >= 0.6 is 11.3 Å². The summed E-state index contributed by atoms with van der Waals surface area (Å²) in [6.07, 6.45) is 1.43. The lowest BCUT2D eigenvalue weighted by atomic mass is 9.94. The van der Waals surface area contributed by atoms with Gasteiger partial charge in [0.1, 0.15) is 48.0 Å². The number of nitrogens with zero attached hydrogens (tertiary/aromatic N) is 2. The van der Waals surface area contributed by atoms with Crippen molar-refractivity contribution in [2.24, 2.45) is 0 Å². The number of ketones is 1. The number of fused-ring (bicyclic) bond motifs is 1. The third kappa shape index (κ3) is 4.97. The second kappa shape index (κ2) is 11.3. The number of Topliss-reactive ketones (excluding diaryl/α,β-unsaturated/α-hetero) is 1. The summed E-state index contributed by atoms with van der Waals surface area (Å²) < 4.78 is 27.4. The Kier molecular flexibility index (Phi) is 7.66. The van der Waals surface area contributed by atoms with Crippen molar-refractivity contribution in [2.45, 2.75) is 13.0 Å². The largest absolute Gasteiger partial charge is 0.507 e. The van der Waals surface area contributed by atoms with Gasteiger partial charge in [0.15, 0.2) is 16.6 Å². The summed E-state index contributed by atoms with van der Waals surface area (Å²) in [5.74, 6) is -1.33. The first-order chi connectivity index (χ1) is 19.8. The summed E-state index contributed by atoms with van der Waals surface area (Å²) in [7, 11) is 2.92. The molecular formula is C29H26N2O9S. The van der Waals surface area contributed by atoms with E-state index in [4.69, 9.17) is 23.7 Å². The lowest BCUT2D eigenvalue weighted by molar-refractivity contribution is -0.132. The lowest BCUT2D eigenvalue weighted by Gasteiger charge is -2.25. The number of anilines is 1. The van der Waals surface area contributed by atoms with Gasteiger partial charge in [-0.05, 0) is 43.3 Å². The maximum Gasteiger partial charge on any atom is 0.350 e. The number of aryl methyl sites for hydroxylation is 1. The van der Waals surface area contributed by atoms with Gasteiger partial charge >= 0.3 is 11.9 Å². The predicted molar refractivity (Wildman–Crippen MR) is 149 cm³/mol. The summed E-state index contributed by atoms with van der Waals surface area (Å²) in [6, 6.07) is 8.44. The van der Waals surface area contributed by atoms with Gasteiger partial charge in [-0.25, -0.2) is 9.78 Å². The lowest BCUT2D eigenvalue weighted by Crippen LogP contribution is -2.29. The molecule has 5 rings (SSSR count). The van der Waals surface area contributed by atoms with E-state index in [1.165, 1.54) is 20.3 Å². The number of hydrogen-bond donors (Lipinski definition) is 1. The molecule has 3 heterocycles. The van der Waals surface area contributed by atoms with E-state index in [0.29, 0.717) is 47.5 Å². The van der Waals surface area contributed by atoms with Gasteiger partial charge in [0.25, 0.3) is 5.78 Å². The molecule has 0 bridgehead atoms. The number of thiazole rings is 1. The Morgan fingerprint density at radius 3 is 2.61 bits per heavy atom. The molecule has 1 amide bonds. The van der Waals surface area contributed by atoms with Gasteiger partial charge in [0.2, 0.25) is 0 Å². The number of benzene rings is 2. The summed E-state index contributed by atoms with van der Waals surface area (Å²) in [6.45, 7) is 5.83. The fourth-order valence-corrected chi connectivity index (χ4v) is 5.59. The number of methoxy groups -OCH3 is 2. The SMILES string of the molecule is C=CCOC(=O)c1sc(N2C(=O)C(=O)/C(=C(/O)c3ccc4c(c3)OCCO4)C2c2cc(OC)ccc2OC)nc1C. The number of carbonyl (C=O) groups is 3. The first-order valence-electron chi connectivity index (χ1n) is 12.5. The van der Waals surface area contributed by atoms with E-state index in [9.17, 15) is 19.5 Å². The van der Waals surface area contributed by atoms with Crippen molar-refractivity contribution >= 4 is 39.9 Å². The molecular weight excluding hydrogens is 552 g/mol. The van der Waals surface area contributed by atoms with Crippen molar-refractivity contribution in [3.63, 3.8) is 0 Å². The highest BCUT2D eigenvalue weighted by atomic mass is 32.1. The minimum absolute atomic E-state index is 0.00738. The normalized spacial score (nSPS) is 17.3.